The lowest BCUT2D eigenvalue weighted by Crippen LogP contribution is -2.65. The summed E-state index contributed by atoms with van der Waals surface area (Å²) in [6.07, 6.45) is 11.5. The van der Waals surface area contributed by atoms with Crippen molar-refractivity contribution in [2.24, 2.45) is 0 Å². The third kappa shape index (κ3) is 18.7. The lowest BCUT2D eigenvalue weighted by molar-refractivity contribution is -0.359. The predicted molar refractivity (Wildman–Crippen MR) is 208 cm³/mol. The SMILES string of the molecule is CCCCCCCCCCCC/C=C/CC/C=C/C(O)C(COC1OC(CO)C(OC2OC(CO)C(O)C(O)C2O)C(O)C1O)NC(=O)CCCCCCC. The monoisotopic (exact) mass is 790 g/mol. The number of aliphatic hydroxyl groups excluding tert-OH is 8. The van der Waals surface area contributed by atoms with Gasteiger partial charge in [-0.3, -0.25) is 4.79 Å². The maximum atomic E-state index is 12.9. The first-order valence-corrected chi connectivity index (χ1v) is 21.1. The van der Waals surface area contributed by atoms with E-state index >= 15 is 0 Å². The number of carbonyl (C=O) groups is 1. The zero-order chi connectivity index (χ0) is 40.4. The molecule has 0 aromatic carbocycles. The summed E-state index contributed by atoms with van der Waals surface area (Å²) in [5.41, 5.74) is 0. The van der Waals surface area contributed by atoms with Crippen LogP contribution in [-0.4, -0.2) is 140 Å². The summed E-state index contributed by atoms with van der Waals surface area (Å²) in [7, 11) is 0. The van der Waals surface area contributed by atoms with Crippen molar-refractivity contribution in [3.05, 3.63) is 24.3 Å². The Hall–Kier alpha value is -1.53. The third-order valence-electron chi connectivity index (χ3n) is 10.4. The van der Waals surface area contributed by atoms with Crippen LogP contribution in [-0.2, 0) is 23.7 Å². The Morgan fingerprint density at radius 1 is 0.636 bits per heavy atom. The van der Waals surface area contributed by atoms with Crippen molar-refractivity contribution in [2.75, 3.05) is 19.8 Å². The molecule has 0 aromatic heterocycles. The quantitative estimate of drug-likeness (QED) is 0.0377. The molecule has 2 aliphatic rings. The molecule has 0 aliphatic carbocycles. The number of unbranched alkanes of at least 4 members (excludes halogenated alkanes) is 15. The number of amides is 1. The van der Waals surface area contributed by atoms with Crippen LogP contribution in [0, 0.1) is 0 Å². The maximum Gasteiger partial charge on any atom is 0.220 e. The first-order chi connectivity index (χ1) is 26.6. The molecule has 1 amide bonds. The molecule has 9 N–H and O–H groups in total. The number of carbonyl (C=O) groups excluding carboxylic acids is 1. The van der Waals surface area contributed by atoms with Gasteiger partial charge in [0.25, 0.3) is 0 Å². The summed E-state index contributed by atoms with van der Waals surface area (Å²) in [4.78, 5) is 12.9. The van der Waals surface area contributed by atoms with Crippen molar-refractivity contribution in [3.63, 3.8) is 0 Å². The molecule has 14 nitrogen and oxygen atoms in total. The van der Waals surface area contributed by atoms with Gasteiger partial charge >= 0.3 is 0 Å². The molecule has 2 rings (SSSR count). The third-order valence-corrected chi connectivity index (χ3v) is 10.4. The standard InChI is InChI=1S/C41H75NO13/c1-3-5-7-9-10-11-12-13-14-15-16-17-18-19-21-22-24-30(45)29(42-33(46)25-23-20-8-6-4-2)28-52-40-38(51)36(49)39(32(27-44)54-40)55-41-37(50)35(48)34(47)31(26-43)53-41/h17-18,22,24,29-32,34-41,43-45,47-51H,3-16,19-21,23,25-28H2,1-2H3,(H,42,46)/b18-17+,24-22+. The highest BCUT2D eigenvalue weighted by Gasteiger charge is 2.50. The molecular formula is C41H75NO13. The molecule has 0 aromatic rings. The van der Waals surface area contributed by atoms with E-state index in [9.17, 15) is 45.6 Å². The van der Waals surface area contributed by atoms with Crippen LogP contribution >= 0.6 is 0 Å². The summed E-state index contributed by atoms with van der Waals surface area (Å²) >= 11 is 0. The van der Waals surface area contributed by atoms with Crippen molar-refractivity contribution in [1.29, 1.82) is 0 Å². The van der Waals surface area contributed by atoms with Crippen LogP contribution in [0.5, 0.6) is 0 Å². The van der Waals surface area contributed by atoms with Gasteiger partial charge in [0.1, 0.15) is 48.8 Å². The molecule has 14 heteroatoms. The van der Waals surface area contributed by atoms with Gasteiger partial charge in [-0.15, -0.1) is 0 Å². The van der Waals surface area contributed by atoms with Crippen LogP contribution in [0.3, 0.4) is 0 Å². The Balaban J connectivity index is 1.90. The van der Waals surface area contributed by atoms with Crippen molar-refractivity contribution in [3.8, 4) is 0 Å². The Kier molecular flexibility index (Phi) is 26.7. The van der Waals surface area contributed by atoms with E-state index in [-0.39, 0.29) is 18.9 Å². The van der Waals surface area contributed by atoms with Crippen molar-refractivity contribution < 1.29 is 64.6 Å². The maximum absolute atomic E-state index is 12.9. The van der Waals surface area contributed by atoms with E-state index in [1.165, 1.54) is 64.2 Å². The number of ether oxygens (including phenoxy) is 4. The van der Waals surface area contributed by atoms with Crippen LogP contribution < -0.4 is 5.32 Å². The van der Waals surface area contributed by atoms with Gasteiger partial charge in [-0.1, -0.05) is 122 Å². The summed E-state index contributed by atoms with van der Waals surface area (Å²) in [6.45, 7) is 2.63. The fraction of sp³-hybridized carbons (Fsp3) is 0.878. The van der Waals surface area contributed by atoms with Crippen LogP contribution in [0.25, 0.3) is 0 Å². The van der Waals surface area contributed by atoms with Gasteiger partial charge < -0.3 is 65.1 Å². The summed E-state index contributed by atoms with van der Waals surface area (Å²) in [5.74, 6) is -0.265. The topological polar surface area (TPSA) is 228 Å². The molecule has 0 bridgehead atoms. The van der Waals surface area contributed by atoms with Crippen molar-refractivity contribution >= 4 is 5.91 Å². The number of nitrogens with one attached hydrogen (secondary N) is 1. The fourth-order valence-electron chi connectivity index (χ4n) is 6.83. The zero-order valence-electron chi connectivity index (χ0n) is 33.4. The summed E-state index contributed by atoms with van der Waals surface area (Å²) in [6, 6.07) is -0.921. The number of hydrogen-bond acceptors (Lipinski definition) is 13. The molecule has 12 unspecified atom stereocenters. The van der Waals surface area contributed by atoms with Crippen LogP contribution in [0.15, 0.2) is 24.3 Å². The van der Waals surface area contributed by atoms with E-state index in [1.807, 2.05) is 6.08 Å². The van der Waals surface area contributed by atoms with Gasteiger partial charge in [0.15, 0.2) is 12.6 Å². The van der Waals surface area contributed by atoms with Gasteiger partial charge in [0.05, 0.1) is 32.0 Å². The second kappa shape index (κ2) is 29.6. The van der Waals surface area contributed by atoms with Gasteiger partial charge in [-0.05, 0) is 32.1 Å². The Labute approximate surface area is 328 Å². The van der Waals surface area contributed by atoms with Gasteiger partial charge in [-0.2, -0.15) is 0 Å². The van der Waals surface area contributed by atoms with E-state index in [0.29, 0.717) is 12.8 Å². The normalized spacial score (nSPS) is 29.9. The van der Waals surface area contributed by atoms with E-state index in [0.717, 1.165) is 38.5 Å². The van der Waals surface area contributed by atoms with Crippen molar-refractivity contribution in [1.82, 2.24) is 5.32 Å². The lowest BCUT2D eigenvalue weighted by atomic mass is 9.97. The summed E-state index contributed by atoms with van der Waals surface area (Å²) in [5, 5.41) is 85.9. The Morgan fingerprint density at radius 3 is 1.78 bits per heavy atom. The average molecular weight is 790 g/mol. The van der Waals surface area contributed by atoms with Crippen LogP contribution in [0.2, 0.25) is 0 Å². The molecule has 55 heavy (non-hydrogen) atoms. The number of aliphatic hydroxyl groups is 8. The molecule has 2 fully saturated rings. The molecule has 0 saturated carbocycles. The number of allylic oxidation sites excluding steroid dienone is 3. The minimum absolute atomic E-state index is 0.265. The van der Waals surface area contributed by atoms with E-state index in [1.54, 1.807) is 6.08 Å². The highest BCUT2D eigenvalue weighted by molar-refractivity contribution is 5.76. The van der Waals surface area contributed by atoms with Gasteiger partial charge in [0.2, 0.25) is 5.91 Å². The predicted octanol–water partition coefficient (Wildman–Crippen LogP) is 3.04. The minimum Gasteiger partial charge on any atom is -0.394 e. The first-order valence-electron chi connectivity index (χ1n) is 21.1. The lowest BCUT2D eigenvalue weighted by Gasteiger charge is -2.46. The van der Waals surface area contributed by atoms with E-state index in [4.69, 9.17) is 18.9 Å². The molecule has 2 heterocycles. The fourth-order valence-corrected chi connectivity index (χ4v) is 6.83. The molecule has 2 aliphatic heterocycles. The largest absolute Gasteiger partial charge is 0.394 e. The summed E-state index contributed by atoms with van der Waals surface area (Å²) < 4.78 is 22.5. The Morgan fingerprint density at radius 2 is 1.16 bits per heavy atom. The highest BCUT2D eigenvalue weighted by atomic mass is 16.7. The number of rotatable bonds is 30. The van der Waals surface area contributed by atoms with Crippen molar-refractivity contribution in [2.45, 2.75) is 209 Å². The molecule has 0 radical (unpaired) electrons. The second-order valence-electron chi connectivity index (χ2n) is 15.1. The molecule has 0 spiro atoms. The average Bonchev–Trinajstić information content (AvgIpc) is 3.18. The Bertz CT molecular complexity index is 1030. The molecular weight excluding hydrogens is 714 g/mol. The molecule has 12 atom stereocenters. The first kappa shape index (κ1) is 49.6. The van der Waals surface area contributed by atoms with E-state index < -0.39 is 86.8 Å². The van der Waals surface area contributed by atoms with Crippen LogP contribution in [0.1, 0.15) is 136 Å². The van der Waals surface area contributed by atoms with Gasteiger partial charge in [-0.25, -0.2) is 0 Å². The number of hydrogen-bond donors (Lipinski definition) is 9. The minimum atomic E-state index is -1.79. The van der Waals surface area contributed by atoms with Gasteiger partial charge in [0, 0.05) is 6.42 Å². The second-order valence-corrected chi connectivity index (χ2v) is 15.1. The zero-order valence-corrected chi connectivity index (χ0v) is 33.4. The smallest absolute Gasteiger partial charge is 0.220 e. The van der Waals surface area contributed by atoms with Crippen LogP contribution in [0.4, 0.5) is 0 Å². The molecule has 2 saturated heterocycles. The van der Waals surface area contributed by atoms with E-state index in [2.05, 4.69) is 31.3 Å². The highest BCUT2D eigenvalue weighted by Crippen LogP contribution is 2.29. The molecule has 322 valence electrons.